The smallest absolute Gasteiger partial charge is 0.269 e. The molecule has 1 fully saturated rings. The number of rotatable bonds is 14. The SMILES string of the molecule is CC(C)SCCC(N)C(O)C(=O)NNC(=O)C1CCCO1.CCSCC[C@@H](N)C(O)C(=O)NNC(=O)c1ccc2c(c1)OCO2. The van der Waals surface area contributed by atoms with Crippen LogP contribution in [0.5, 0.6) is 11.5 Å². The highest BCUT2D eigenvalue weighted by Gasteiger charge is 2.27. The predicted molar refractivity (Wildman–Crippen MR) is 171 cm³/mol. The van der Waals surface area contributed by atoms with Gasteiger partial charge in [0.25, 0.3) is 23.6 Å². The first-order chi connectivity index (χ1) is 21.4. The maximum Gasteiger partial charge on any atom is 0.269 e. The highest BCUT2D eigenvalue weighted by molar-refractivity contribution is 7.99. The summed E-state index contributed by atoms with van der Waals surface area (Å²) in [6, 6.07) is 3.31. The van der Waals surface area contributed by atoms with Gasteiger partial charge in [0.05, 0.1) is 0 Å². The van der Waals surface area contributed by atoms with Crippen LogP contribution in [0.25, 0.3) is 0 Å². The fourth-order valence-electron chi connectivity index (χ4n) is 3.87. The van der Waals surface area contributed by atoms with Gasteiger partial charge < -0.3 is 35.9 Å². The second-order valence-electron chi connectivity index (χ2n) is 10.4. The Hall–Kier alpha value is -2.80. The van der Waals surface area contributed by atoms with Crippen molar-refractivity contribution in [2.75, 3.05) is 30.7 Å². The molecule has 1 aromatic rings. The van der Waals surface area contributed by atoms with Crippen molar-refractivity contribution < 1.29 is 43.6 Å². The van der Waals surface area contributed by atoms with Gasteiger partial charge in [0.1, 0.15) is 18.3 Å². The lowest BCUT2D eigenvalue weighted by Crippen LogP contribution is -2.53. The molecule has 2 heterocycles. The molecule has 2 aliphatic heterocycles. The minimum atomic E-state index is -1.39. The van der Waals surface area contributed by atoms with E-state index in [2.05, 4.69) is 35.6 Å². The molecule has 2 aliphatic rings. The Labute approximate surface area is 271 Å². The number of ether oxygens (including phenoxy) is 3. The zero-order chi connectivity index (χ0) is 33.4. The topological polar surface area (TPSA) is 237 Å². The van der Waals surface area contributed by atoms with E-state index in [9.17, 15) is 29.4 Å². The molecule has 254 valence electrons. The van der Waals surface area contributed by atoms with E-state index in [0.29, 0.717) is 42.6 Å². The molecule has 0 radical (unpaired) electrons. The van der Waals surface area contributed by atoms with Crippen molar-refractivity contribution in [2.45, 2.75) is 82.1 Å². The first-order valence-electron chi connectivity index (χ1n) is 14.7. The first kappa shape index (κ1) is 38.4. The molecule has 0 spiro atoms. The summed E-state index contributed by atoms with van der Waals surface area (Å²) in [5.41, 5.74) is 20.7. The van der Waals surface area contributed by atoms with E-state index in [1.54, 1.807) is 35.7 Å². The molecule has 45 heavy (non-hydrogen) atoms. The molecule has 0 aliphatic carbocycles. The van der Waals surface area contributed by atoms with Crippen molar-refractivity contribution in [3.63, 3.8) is 0 Å². The van der Waals surface area contributed by atoms with Gasteiger partial charge in [0, 0.05) is 24.3 Å². The summed E-state index contributed by atoms with van der Waals surface area (Å²) in [6.07, 6.45) is -0.774. The Morgan fingerprint density at radius 1 is 0.933 bits per heavy atom. The van der Waals surface area contributed by atoms with E-state index in [4.69, 9.17) is 25.7 Å². The minimum absolute atomic E-state index is 0.109. The number of hydrogen-bond acceptors (Lipinski definition) is 13. The van der Waals surface area contributed by atoms with Gasteiger partial charge in [-0.05, 0) is 66.4 Å². The van der Waals surface area contributed by atoms with Gasteiger partial charge >= 0.3 is 0 Å². The van der Waals surface area contributed by atoms with E-state index in [-0.39, 0.29) is 12.4 Å². The average Bonchev–Trinajstić information content (AvgIpc) is 3.74. The first-order valence-corrected chi connectivity index (χ1v) is 16.9. The molecular formula is C28H46N6O9S2. The third kappa shape index (κ3) is 13.6. The minimum Gasteiger partial charge on any atom is -0.454 e. The number of thioether (sulfide) groups is 2. The van der Waals surface area contributed by atoms with Crippen molar-refractivity contribution in [3.8, 4) is 11.5 Å². The largest absolute Gasteiger partial charge is 0.454 e. The second kappa shape index (κ2) is 20.3. The van der Waals surface area contributed by atoms with E-state index < -0.39 is 54.0 Å². The molecule has 10 N–H and O–H groups in total. The van der Waals surface area contributed by atoms with Gasteiger partial charge in [0.2, 0.25) is 6.79 Å². The highest BCUT2D eigenvalue weighted by Crippen LogP contribution is 2.32. The van der Waals surface area contributed by atoms with Gasteiger partial charge in [-0.2, -0.15) is 23.5 Å². The summed E-state index contributed by atoms with van der Waals surface area (Å²) in [7, 11) is 0. The Bertz CT molecular complexity index is 1110. The summed E-state index contributed by atoms with van der Waals surface area (Å²) in [4.78, 5) is 47.2. The van der Waals surface area contributed by atoms with Gasteiger partial charge in [-0.3, -0.25) is 40.9 Å². The fourth-order valence-corrected chi connectivity index (χ4v) is 5.48. The number of fused-ring (bicyclic) bond motifs is 1. The monoisotopic (exact) mass is 674 g/mol. The lowest BCUT2D eigenvalue weighted by Gasteiger charge is -2.19. The Kier molecular flexibility index (Phi) is 17.4. The average molecular weight is 675 g/mol. The van der Waals surface area contributed by atoms with Crippen LogP contribution in [0.3, 0.4) is 0 Å². The Morgan fingerprint density at radius 2 is 1.56 bits per heavy atom. The number of nitrogens with two attached hydrogens (primary N) is 2. The third-order valence-electron chi connectivity index (χ3n) is 6.52. The van der Waals surface area contributed by atoms with Crippen LogP contribution in [0.4, 0.5) is 0 Å². The molecule has 5 atom stereocenters. The number of hydrazine groups is 2. The molecule has 1 aromatic carbocycles. The number of carbonyl (C=O) groups excluding carboxylic acids is 4. The predicted octanol–water partition coefficient (Wildman–Crippen LogP) is -0.460. The van der Waals surface area contributed by atoms with Crippen molar-refractivity contribution >= 4 is 47.2 Å². The number of amides is 4. The zero-order valence-electron chi connectivity index (χ0n) is 25.8. The quantitative estimate of drug-likeness (QED) is 0.0923. The molecular weight excluding hydrogens is 628 g/mol. The highest BCUT2D eigenvalue weighted by atomic mass is 32.2. The number of benzene rings is 1. The second-order valence-corrected chi connectivity index (χ2v) is 13.5. The third-order valence-corrected chi connectivity index (χ3v) is 8.59. The van der Waals surface area contributed by atoms with Crippen LogP contribution in [-0.4, -0.2) is 100 Å². The number of aliphatic hydroxyl groups is 2. The summed E-state index contributed by atoms with van der Waals surface area (Å²) in [6.45, 7) is 6.81. The maximum atomic E-state index is 12.0. The maximum absolute atomic E-state index is 12.0. The van der Waals surface area contributed by atoms with Crippen molar-refractivity contribution in [2.24, 2.45) is 11.5 Å². The summed E-state index contributed by atoms with van der Waals surface area (Å²) >= 11 is 3.39. The van der Waals surface area contributed by atoms with Crippen LogP contribution in [0.1, 0.15) is 56.8 Å². The van der Waals surface area contributed by atoms with Crippen molar-refractivity contribution in [1.29, 1.82) is 0 Å². The van der Waals surface area contributed by atoms with Crippen LogP contribution < -0.4 is 42.6 Å². The number of nitrogens with one attached hydrogen (secondary N) is 4. The van der Waals surface area contributed by atoms with Gasteiger partial charge in [-0.25, -0.2) is 0 Å². The van der Waals surface area contributed by atoms with E-state index in [1.165, 1.54) is 6.07 Å². The van der Waals surface area contributed by atoms with Crippen LogP contribution >= 0.6 is 23.5 Å². The van der Waals surface area contributed by atoms with Gasteiger partial charge in [-0.15, -0.1) is 0 Å². The molecule has 0 saturated carbocycles. The summed E-state index contributed by atoms with van der Waals surface area (Å²) in [5, 5.41) is 20.1. The molecule has 1 saturated heterocycles. The number of carbonyl (C=O) groups is 4. The molecule has 0 bridgehead atoms. The van der Waals surface area contributed by atoms with Crippen LogP contribution in [-0.2, 0) is 19.1 Å². The Morgan fingerprint density at radius 3 is 2.16 bits per heavy atom. The van der Waals surface area contributed by atoms with Crippen LogP contribution in [0, 0.1) is 0 Å². The van der Waals surface area contributed by atoms with E-state index in [1.807, 2.05) is 6.92 Å². The van der Waals surface area contributed by atoms with E-state index in [0.717, 1.165) is 23.7 Å². The molecule has 17 heteroatoms. The van der Waals surface area contributed by atoms with E-state index >= 15 is 0 Å². The van der Waals surface area contributed by atoms with Crippen molar-refractivity contribution in [3.05, 3.63) is 23.8 Å². The fraction of sp³-hybridized carbons (Fsp3) is 0.643. The number of aliphatic hydroxyl groups excluding tert-OH is 2. The van der Waals surface area contributed by atoms with Gasteiger partial charge in [-0.1, -0.05) is 20.8 Å². The molecule has 3 rings (SSSR count). The molecule has 4 unspecified atom stereocenters. The van der Waals surface area contributed by atoms with Crippen LogP contribution in [0.2, 0.25) is 0 Å². The summed E-state index contributed by atoms with van der Waals surface area (Å²) < 4.78 is 15.5. The summed E-state index contributed by atoms with van der Waals surface area (Å²) in [5.74, 6) is 1.09. The van der Waals surface area contributed by atoms with Crippen LogP contribution in [0.15, 0.2) is 18.2 Å². The standard InChI is InChI=1S/C15H21N3O5S.C13H25N3O4S/c1-2-24-6-5-10(16)13(19)15(21)18-17-14(20)9-3-4-11-12(7-9)23-8-22-11;1-8(2)21-7-5-9(14)11(17)13(19)16-15-12(18)10-4-3-6-20-10/h3-4,7,10,13,19H,2,5-6,8,16H2,1H3,(H,17,20)(H,18,21);8-11,17H,3-7,14H2,1-2H3,(H,15,18)(H,16,19)/t10-,13?;/m1./s1. The number of hydrogen-bond donors (Lipinski definition) is 8. The zero-order valence-corrected chi connectivity index (χ0v) is 27.4. The molecule has 4 amide bonds. The van der Waals surface area contributed by atoms with Gasteiger partial charge in [0.15, 0.2) is 11.5 Å². The Balaban J connectivity index is 0.000000317. The normalized spacial score (nSPS) is 17.7. The lowest BCUT2D eigenvalue weighted by atomic mass is 10.1. The molecule has 15 nitrogen and oxygen atoms in total. The lowest BCUT2D eigenvalue weighted by molar-refractivity contribution is -0.138. The molecule has 0 aromatic heterocycles. The van der Waals surface area contributed by atoms with Crippen molar-refractivity contribution in [1.82, 2.24) is 21.7 Å².